The van der Waals surface area contributed by atoms with Crippen LogP contribution in [0.25, 0.3) is 6.08 Å². The summed E-state index contributed by atoms with van der Waals surface area (Å²) in [5, 5.41) is 0. The lowest BCUT2D eigenvalue weighted by molar-refractivity contribution is -0.137. The molecular formula is C11H10F3N. The Bertz CT molecular complexity index is 407. The first-order valence-corrected chi connectivity index (χ1v) is 4.55. The Kier molecular flexibility index (Phi) is 2.21. The quantitative estimate of drug-likeness (QED) is 0.640. The highest BCUT2D eigenvalue weighted by Gasteiger charge is 2.30. The molecule has 4 heteroatoms. The molecule has 0 fully saturated rings. The molecule has 0 N–H and O–H groups in total. The third-order valence-electron chi connectivity index (χ3n) is 2.40. The molecule has 0 saturated carbocycles. The molecule has 0 aliphatic carbocycles. The molecule has 0 spiro atoms. The highest BCUT2D eigenvalue weighted by atomic mass is 19.4. The number of alkyl halides is 3. The third-order valence-corrected chi connectivity index (χ3v) is 2.40. The van der Waals surface area contributed by atoms with E-state index in [1.165, 1.54) is 12.1 Å². The van der Waals surface area contributed by atoms with E-state index in [0.717, 1.165) is 11.6 Å². The van der Waals surface area contributed by atoms with Crippen LogP contribution in [0.2, 0.25) is 0 Å². The second kappa shape index (κ2) is 3.29. The van der Waals surface area contributed by atoms with Crippen molar-refractivity contribution in [2.75, 3.05) is 7.05 Å². The second-order valence-electron chi connectivity index (χ2n) is 3.64. The van der Waals surface area contributed by atoms with Crippen molar-refractivity contribution in [3.8, 4) is 0 Å². The Hall–Kier alpha value is -1.45. The van der Waals surface area contributed by atoms with Gasteiger partial charge in [0.1, 0.15) is 0 Å². The predicted octanol–water partition coefficient (Wildman–Crippen LogP) is 3.12. The fourth-order valence-corrected chi connectivity index (χ4v) is 1.60. The van der Waals surface area contributed by atoms with Crippen LogP contribution >= 0.6 is 0 Å². The van der Waals surface area contributed by atoms with Crippen LogP contribution in [-0.2, 0) is 12.7 Å². The van der Waals surface area contributed by atoms with Crippen molar-refractivity contribution in [2.45, 2.75) is 12.7 Å². The van der Waals surface area contributed by atoms with E-state index >= 15 is 0 Å². The Labute approximate surface area is 85.8 Å². The van der Waals surface area contributed by atoms with Crippen molar-refractivity contribution in [2.24, 2.45) is 0 Å². The molecular weight excluding hydrogens is 203 g/mol. The minimum atomic E-state index is -4.26. The van der Waals surface area contributed by atoms with Gasteiger partial charge in [-0.2, -0.15) is 13.2 Å². The Morgan fingerprint density at radius 1 is 1.27 bits per heavy atom. The van der Waals surface area contributed by atoms with E-state index in [1.807, 2.05) is 11.9 Å². The van der Waals surface area contributed by atoms with E-state index < -0.39 is 11.7 Å². The molecule has 1 aromatic carbocycles. The van der Waals surface area contributed by atoms with Gasteiger partial charge in [0.25, 0.3) is 0 Å². The summed E-state index contributed by atoms with van der Waals surface area (Å²) in [5.41, 5.74) is 0.992. The summed E-state index contributed by atoms with van der Waals surface area (Å²) in [6, 6.07) is 3.86. The number of benzene rings is 1. The molecule has 0 bridgehead atoms. The van der Waals surface area contributed by atoms with Crippen LogP contribution in [0.3, 0.4) is 0 Å². The van der Waals surface area contributed by atoms with Crippen LogP contribution in [0.1, 0.15) is 16.7 Å². The minimum absolute atomic E-state index is 0.588. The largest absolute Gasteiger partial charge is 0.416 e. The first kappa shape index (κ1) is 10.1. The fraction of sp³-hybridized carbons (Fsp3) is 0.273. The van der Waals surface area contributed by atoms with Gasteiger partial charge < -0.3 is 4.90 Å². The average molecular weight is 213 g/mol. The molecule has 1 nitrogen and oxygen atoms in total. The number of fused-ring (bicyclic) bond motifs is 1. The van der Waals surface area contributed by atoms with Crippen LogP contribution < -0.4 is 0 Å². The van der Waals surface area contributed by atoms with Crippen molar-refractivity contribution in [3.63, 3.8) is 0 Å². The molecule has 2 rings (SSSR count). The standard InChI is InChI=1S/C11H10F3N/c1-15-5-4-8-6-10(11(12,13)14)3-2-9(8)7-15/h2-6H,7H2,1H3. The average Bonchev–Trinajstić information content (AvgIpc) is 2.15. The minimum Gasteiger partial charge on any atom is -0.376 e. The van der Waals surface area contributed by atoms with E-state index in [-0.39, 0.29) is 0 Å². The zero-order valence-corrected chi connectivity index (χ0v) is 8.17. The van der Waals surface area contributed by atoms with E-state index in [9.17, 15) is 13.2 Å². The SMILES string of the molecule is CN1C=Cc2cc(C(F)(F)F)ccc2C1. The molecule has 1 aliphatic heterocycles. The summed E-state index contributed by atoms with van der Waals surface area (Å²) >= 11 is 0. The van der Waals surface area contributed by atoms with Crippen LogP contribution in [0.15, 0.2) is 24.4 Å². The maximum absolute atomic E-state index is 12.4. The second-order valence-corrected chi connectivity index (χ2v) is 3.64. The van der Waals surface area contributed by atoms with Gasteiger partial charge in [-0.05, 0) is 35.5 Å². The van der Waals surface area contributed by atoms with E-state index in [2.05, 4.69) is 0 Å². The van der Waals surface area contributed by atoms with Gasteiger partial charge in [0, 0.05) is 13.6 Å². The lowest BCUT2D eigenvalue weighted by atomic mass is 10.0. The molecule has 1 aromatic rings. The number of hydrogen-bond donors (Lipinski definition) is 0. The van der Waals surface area contributed by atoms with E-state index in [1.54, 1.807) is 12.3 Å². The van der Waals surface area contributed by atoms with Gasteiger partial charge >= 0.3 is 6.18 Å². The van der Waals surface area contributed by atoms with Crippen molar-refractivity contribution in [3.05, 3.63) is 41.1 Å². The first-order valence-electron chi connectivity index (χ1n) is 4.55. The summed E-state index contributed by atoms with van der Waals surface area (Å²) in [6.07, 6.45) is -0.775. The van der Waals surface area contributed by atoms with Gasteiger partial charge in [-0.1, -0.05) is 6.07 Å². The summed E-state index contributed by atoms with van der Waals surface area (Å²) < 4.78 is 37.2. The fourth-order valence-electron chi connectivity index (χ4n) is 1.60. The molecule has 0 aromatic heterocycles. The number of hydrogen-bond acceptors (Lipinski definition) is 1. The van der Waals surface area contributed by atoms with E-state index in [4.69, 9.17) is 0 Å². The molecule has 15 heavy (non-hydrogen) atoms. The molecule has 1 aliphatic rings. The predicted molar refractivity (Wildman–Crippen MR) is 51.9 cm³/mol. The van der Waals surface area contributed by atoms with Gasteiger partial charge in [0.2, 0.25) is 0 Å². The van der Waals surface area contributed by atoms with Gasteiger partial charge in [0.15, 0.2) is 0 Å². The monoisotopic (exact) mass is 213 g/mol. The lowest BCUT2D eigenvalue weighted by Crippen LogP contribution is -2.15. The number of halogens is 3. The zero-order chi connectivity index (χ0) is 11.1. The maximum Gasteiger partial charge on any atom is 0.416 e. The maximum atomic E-state index is 12.4. The van der Waals surface area contributed by atoms with Crippen molar-refractivity contribution >= 4 is 6.08 Å². The lowest BCUT2D eigenvalue weighted by Gasteiger charge is -2.21. The normalized spacial score (nSPS) is 15.3. The molecule has 0 amide bonds. The number of nitrogens with zero attached hydrogens (tertiary/aromatic N) is 1. The molecule has 1 heterocycles. The van der Waals surface area contributed by atoms with Crippen LogP contribution in [-0.4, -0.2) is 11.9 Å². The molecule has 0 saturated heterocycles. The van der Waals surface area contributed by atoms with Gasteiger partial charge in [0.05, 0.1) is 5.56 Å². The summed E-state index contributed by atoms with van der Waals surface area (Å²) in [4.78, 5) is 1.93. The van der Waals surface area contributed by atoms with Gasteiger partial charge in [-0.3, -0.25) is 0 Å². The van der Waals surface area contributed by atoms with Gasteiger partial charge in [-0.15, -0.1) is 0 Å². The van der Waals surface area contributed by atoms with Crippen LogP contribution in [0, 0.1) is 0 Å². The summed E-state index contributed by atoms with van der Waals surface area (Å²) in [7, 11) is 1.89. The molecule has 0 atom stereocenters. The van der Waals surface area contributed by atoms with Crippen LogP contribution in [0.4, 0.5) is 13.2 Å². The van der Waals surface area contributed by atoms with E-state index in [0.29, 0.717) is 12.1 Å². The van der Waals surface area contributed by atoms with Crippen molar-refractivity contribution in [1.29, 1.82) is 0 Å². The highest BCUT2D eigenvalue weighted by molar-refractivity contribution is 5.57. The first-order chi connectivity index (χ1) is 6.97. The Morgan fingerprint density at radius 2 is 2.00 bits per heavy atom. The molecule has 80 valence electrons. The zero-order valence-electron chi connectivity index (χ0n) is 8.17. The Balaban J connectivity index is 2.42. The Morgan fingerprint density at radius 3 is 2.67 bits per heavy atom. The molecule has 0 unspecified atom stereocenters. The highest BCUT2D eigenvalue weighted by Crippen LogP contribution is 2.31. The number of rotatable bonds is 0. The van der Waals surface area contributed by atoms with Gasteiger partial charge in [-0.25, -0.2) is 0 Å². The van der Waals surface area contributed by atoms with Crippen molar-refractivity contribution in [1.82, 2.24) is 4.90 Å². The van der Waals surface area contributed by atoms with Crippen LogP contribution in [0.5, 0.6) is 0 Å². The summed E-state index contributed by atoms with van der Waals surface area (Å²) in [5.74, 6) is 0. The third kappa shape index (κ3) is 1.98. The molecule has 0 radical (unpaired) electrons. The van der Waals surface area contributed by atoms with Crippen molar-refractivity contribution < 1.29 is 13.2 Å². The smallest absolute Gasteiger partial charge is 0.376 e. The summed E-state index contributed by atoms with van der Waals surface area (Å²) in [6.45, 7) is 0.657. The topological polar surface area (TPSA) is 3.24 Å².